The Morgan fingerprint density at radius 2 is 2.32 bits per heavy atom. The average Bonchev–Trinajstić information content (AvgIpc) is 3.18. The average molecular weight is 303 g/mol. The van der Waals surface area contributed by atoms with Crippen molar-refractivity contribution in [3.05, 3.63) is 35.9 Å². The molecule has 22 heavy (non-hydrogen) atoms. The molecule has 1 atom stereocenters. The van der Waals surface area contributed by atoms with Gasteiger partial charge in [0.25, 0.3) is 5.91 Å². The lowest BCUT2D eigenvalue weighted by Crippen LogP contribution is -2.48. The van der Waals surface area contributed by atoms with Crippen LogP contribution in [0, 0.1) is 0 Å². The summed E-state index contributed by atoms with van der Waals surface area (Å²) in [7, 11) is 0. The molecule has 118 valence electrons. The summed E-state index contributed by atoms with van der Waals surface area (Å²) in [5.74, 6) is -0.0978. The molecule has 2 N–H and O–H groups in total. The van der Waals surface area contributed by atoms with Gasteiger partial charge < -0.3 is 15.0 Å². The zero-order chi connectivity index (χ0) is 15.7. The van der Waals surface area contributed by atoms with Gasteiger partial charge in [-0.1, -0.05) is 5.21 Å². The molecule has 3 rings (SSSR count). The standard InChI is InChI=1S/C15H21N5O2/c1-11(2)20-9-13(17-18-20)15(22)6-4-8-19(10-15)14(21)12-5-3-7-16-12/h3,5,7,9,11,16,22H,4,6,8,10H2,1-2H3/t15-/m0/s1. The molecule has 7 nitrogen and oxygen atoms in total. The van der Waals surface area contributed by atoms with E-state index in [1.54, 1.807) is 34.1 Å². The largest absolute Gasteiger partial charge is 0.382 e. The number of amides is 1. The van der Waals surface area contributed by atoms with Gasteiger partial charge in [-0.25, -0.2) is 4.68 Å². The maximum atomic E-state index is 12.4. The maximum absolute atomic E-state index is 12.4. The van der Waals surface area contributed by atoms with E-state index in [0.29, 0.717) is 24.4 Å². The van der Waals surface area contributed by atoms with Gasteiger partial charge in [-0.15, -0.1) is 5.10 Å². The summed E-state index contributed by atoms with van der Waals surface area (Å²) in [5, 5.41) is 19.1. The van der Waals surface area contributed by atoms with E-state index in [-0.39, 0.29) is 18.5 Å². The molecular formula is C15H21N5O2. The van der Waals surface area contributed by atoms with Crippen LogP contribution in [-0.4, -0.2) is 49.0 Å². The Morgan fingerprint density at radius 3 is 2.95 bits per heavy atom. The van der Waals surface area contributed by atoms with Crippen molar-refractivity contribution in [3.63, 3.8) is 0 Å². The third kappa shape index (κ3) is 2.64. The number of likely N-dealkylation sites (tertiary alicyclic amines) is 1. The number of piperidine rings is 1. The molecule has 2 aromatic heterocycles. The second-order valence-corrected chi connectivity index (χ2v) is 6.12. The zero-order valence-corrected chi connectivity index (χ0v) is 12.9. The Balaban J connectivity index is 1.80. The van der Waals surface area contributed by atoms with E-state index in [2.05, 4.69) is 15.3 Å². The number of hydrogen-bond acceptors (Lipinski definition) is 4. The van der Waals surface area contributed by atoms with Crippen LogP contribution in [-0.2, 0) is 5.60 Å². The molecule has 7 heteroatoms. The molecule has 1 aliphatic rings. The Morgan fingerprint density at radius 1 is 1.50 bits per heavy atom. The van der Waals surface area contributed by atoms with E-state index in [9.17, 15) is 9.90 Å². The van der Waals surface area contributed by atoms with Gasteiger partial charge in [0.2, 0.25) is 0 Å². The molecule has 3 heterocycles. The van der Waals surface area contributed by atoms with Crippen LogP contribution >= 0.6 is 0 Å². The van der Waals surface area contributed by atoms with Crippen LogP contribution in [0.15, 0.2) is 24.5 Å². The minimum Gasteiger partial charge on any atom is -0.382 e. The van der Waals surface area contributed by atoms with Gasteiger partial charge in [-0.3, -0.25) is 4.79 Å². The van der Waals surface area contributed by atoms with Crippen LogP contribution in [0.2, 0.25) is 0 Å². The molecule has 0 spiro atoms. The molecule has 2 aromatic rings. The first-order valence-electron chi connectivity index (χ1n) is 7.57. The lowest BCUT2D eigenvalue weighted by Gasteiger charge is -2.37. The smallest absolute Gasteiger partial charge is 0.270 e. The summed E-state index contributed by atoms with van der Waals surface area (Å²) in [6.07, 6.45) is 4.81. The summed E-state index contributed by atoms with van der Waals surface area (Å²) in [5.41, 5.74) is -0.0616. The number of aromatic nitrogens is 4. The third-order valence-corrected chi connectivity index (χ3v) is 4.10. The minimum absolute atomic E-state index is 0.0978. The van der Waals surface area contributed by atoms with Crippen LogP contribution in [0.3, 0.4) is 0 Å². The first-order valence-corrected chi connectivity index (χ1v) is 7.57. The molecule has 0 aliphatic carbocycles. The monoisotopic (exact) mass is 303 g/mol. The SMILES string of the molecule is CC(C)n1cc([C@]2(O)CCCN(C(=O)c3ccc[nH]3)C2)nn1. The number of H-pyrrole nitrogens is 1. The van der Waals surface area contributed by atoms with Gasteiger partial charge in [0.05, 0.1) is 12.7 Å². The molecule has 1 fully saturated rings. The Kier molecular flexibility index (Phi) is 3.74. The number of rotatable bonds is 3. The topological polar surface area (TPSA) is 87.0 Å². The second-order valence-electron chi connectivity index (χ2n) is 6.12. The number of β-amino-alcohol motifs (C(OH)–C–C–N with tert-alkyl or cyclic N) is 1. The van der Waals surface area contributed by atoms with Crippen LogP contribution in [0.5, 0.6) is 0 Å². The van der Waals surface area contributed by atoms with Crippen molar-refractivity contribution in [1.29, 1.82) is 0 Å². The fraction of sp³-hybridized carbons (Fsp3) is 0.533. The van der Waals surface area contributed by atoms with Crippen LogP contribution < -0.4 is 0 Å². The number of carbonyl (C=O) groups excluding carboxylic acids is 1. The molecule has 1 amide bonds. The van der Waals surface area contributed by atoms with Gasteiger partial charge in [-0.2, -0.15) is 0 Å². The lowest BCUT2D eigenvalue weighted by atomic mass is 9.90. The highest BCUT2D eigenvalue weighted by Gasteiger charge is 2.39. The summed E-state index contributed by atoms with van der Waals surface area (Å²) < 4.78 is 1.72. The predicted octanol–water partition coefficient (Wildman–Crippen LogP) is 1.31. The maximum Gasteiger partial charge on any atom is 0.270 e. The fourth-order valence-corrected chi connectivity index (χ4v) is 2.79. The second kappa shape index (κ2) is 5.57. The quantitative estimate of drug-likeness (QED) is 0.895. The van der Waals surface area contributed by atoms with E-state index in [1.807, 2.05) is 13.8 Å². The van der Waals surface area contributed by atoms with Gasteiger partial charge in [-0.05, 0) is 38.8 Å². The molecule has 1 aliphatic heterocycles. The number of aromatic amines is 1. The zero-order valence-electron chi connectivity index (χ0n) is 12.9. The highest BCUT2D eigenvalue weighted by molar-refractivity contribution is 5.92. The lowest BCUT2D eigenvalue weighted by molar-refractivity contribution is -0.0322. The molecule has 1 saturated heterocycles. The summed E-state index contributed by atoms with van der Waals surface area (Å²) in [4.78, 5) is 17.0. The van der Waals surface area contributed by atoms with Crippen LogP contribution in [0.1, 0.15) is 48.9 Å². The Labute approximate surface area is 128 Å². The predicted molar refractivity (Wildman–Crippen MR) is 80.2 cm³/mol. The van der Waals surface area contributed by atoms with Crippen molar-refractivity contribution in [3.8, 4) is 0 Å². The van der Waals surface area contributed by atoms with E-state index < -0.39 is 5.60 Å². The van der Waals surface area contributed by atoms with E-state index >= 15 is 0 Å². The van der Waals surface area contributed by atoms with Crippen molar-refractivity contribution in [1.82, 2.24) is 24.9 Å². The molecular weight excluding hydrogens is 282 g/mol. The van der Waals surface area contributed by atoms with Crippen molar-refractivity contribution >= 4 is 5.91 Å². The fourth-order valence-electron chi connectivity index (χ4n) is 2.79. The van der Waals surface area contributed by atoms with Crippen LogP contribution in [0.4, 0.5) is 0 Å². The van der Waals surface area contributed by atoms with Crippen LogP contribution in [0.25, 0.3) is 0 Å². The van der Waals surface area contributed by atoms with E-state index in [1.165, 1.54) is 0 Å². The Hall–Kier alpha value is -2.15. The number of carbonyl (C=O) groups is 1. The van der Waals surface area contributed by atoms with Gasteiger partial charge >= 0.3 is 0 Å². The van der Waals surface area contributed by atoms with Gasteiger partial charge in [0.1, 0.15) is 17.0 Å². The first-order chi connectivity index (χ1) is 10.5. The molecule has 0 saturated carbocycles. The summed E-state index contributed by atoms with van der Waals surface area (Å²) >= 11 is 0. The summed E-state index contributed by atoms with van der Waals surface area (Å²) in [6, 6.07) is 3.72. The first kappa shape index (κ1) is 14.8. The van der Waals surface area contributed by atoms with Gasteiger partial charge in [0.15, 0.2) is 0 Å². The molecule has 0 radical (unpaired) electrons. The van der Waals surface area contributed by atoms with E-state index in [0.717, 1.165) is 6.42 Å². The minimum atomic E-state index is -1.13. The third-order valence-electron chi connectivity index (χ3n) is 4.10. The van der Waals surface area contributed by atoms with E-state index in [4.69, 9.17) is 0 Å². The number of hydrogen-bond donors (Lipinski definition) is 2. The van der Waals surface area contributed by atoms with Crippen molar-refractivity contribution < 1.29 is 9.90 Å². The van der Waals surface area contributed by atoms with Crippen molar-refractivity contribution in [2.45, 2.75) is 38.3 Å². The molecule has 0 unspecified atom stereocenters. The normalized spacial score (nSPS) is 22.3. The number of aliphatic hydroxyl groups is 1. The highest BCUT2D eigenvalue weighted by Crippen LogP contribution is 2.31. The van der Waals surface area contributed by atoms with Gasteiger partial charge in [0, 0.05) is 18.8 Å². The molecule has 0 bridgehead atoms. The van der Waals surface area contributed by atoms with Crippen molar-refractivity contribution in [2.24, 2.45) is 0 Å². The highest BCUT2D eigenvalue weighted by atomic mass is 16.3. The Bertz CT molecular complexity index is 649. The summed E-state index contributed by atoms with van der Waals surface area (Å²) in [6.45, 7) is 4.88. The number of nitrogens with one attached hydrogen (secondary N) is 1. The number of nitrogens with zero attached hydrogens (tertiary/aromatic N) is 4. The molecule has 0 aromatic carbocycles. The van der Waals surface area contributed by atoms with Crippen molar-refractivity contribution in [2.75, 3.05) is 13.1 Å².